The first-order valence-corrected chi connectivity index (χ1v) is 14.6. The lowest BCUT2D eigenvalue weighted by atomic mass is 10.1. The highest BCUT2D eigenvalue weighted by atomic mass is 17.3. The van der Waals surface area contributed by atoms with Crippen LogP contribution in [0.3, 0.4) is 0 Å². The molecule has 0 radical (unpaired) electrons. The summed E-state index contributed by atoms with van der Waals surface area (Å²) in [5.74, 6) is -3.66. The van der Waals surface area contributed by atoms with E-state index < -0.39 is 45.9 Å². The molecule has 0 aliphatic rings. The Kier molecular flexibility index (Phi) is 18.8. The first kappa shape index (κ1) is 42.8. The van der Waals surface area contributed by atoms with Gasteiger partial charge in [-0.05, 0) is 110 Å². The van der Waals surface area contributed by atoms with Crippen LogP contribution >= 0.6 is 0 Å². The van der Waals surface area contributed by atoms with E-state index in [4.69, 9.17) is 48.6 Å². The zero-order chi connectivity index (χ0) is 33.5. The molecule has 0 aromatic carbocycles. The highest BCUT2D eigenvalue weighted by Gasteiger charge is 2.38. The Morgan fingerprint density at radius 1 is 0.429 bits per heavy atom. The molecule has 12 nitrogen and oxygen atoms in total. The van der Waals surface area contributed by atoms with Gasteiger partial charge in [-0.1, -0.05) is 13.8 Å². The minimum absolute atomic E-state index is 0.138. The van der Waals surface area contributed by atoms with Gasteiger partial charge in [-0.25, -0.2) is 19.6 Å². The Morgan fingerprint density at radius 2 is 0.690 bits per heavy atom. The van der Waals surface area contributed by atoms with Crippen LogP contribution in [0.2, 0.25) is 0 Å². The van der Waals surface area contributed by atoms with Crippen molar-refractivity contribution in [1.82, 2.24) is 0 Å². The molecule has 0 aliphatic carbocycles. The van der Waals surface area contributed by atoms with Crippen LogP contribution in [0.5, 0.6) is 0 Å². The Bertz CT molecular complexity index is 727. The Morgan fingerprint density at radius 3 is 0.905 bits per heavy atom. The average molecular weight is 613 g/mol. The van der Waals surface area contributed by atoms with E-state index >= 15 is 0 Å². The molecule has 12 heteroatoms. The maximum atomic E-state index is 11.8. The summed E-state index contributed by atoms with van der Waals surface area (Å²) in [7, 11) is 0. The predicted octanol–water partition coefficient (Wildman–Crippen LogP) is 7.08. The van der Waals surface area contributed by atoms with Crippen LogP contribution in [-0.2, 0) is 58.2 Å². The van der Waals surface area contributed by atoms with Gasteiger partial charge in [0.05, 0.1) is 35.6 Å². The maximum absolute atomic E-state index is 11.8. The molecule has 42 heavy (non-hydrogen) atoms. The van der Waals surface area contributed by atoms with E-state index in [0.717, 1.165) is 12.8 Å². The first-order chi connectivity index (χ1) is 18.9. The molecule has 0 N–H and O–H groups in total. The number of carbonyl (C=O) groups is 2. The molecular weight excluding hydrogens is 552 g/mol. The van der Waals surface area contributed by atoms with E-state index in [-0.39, 0.29) is 26.1 Å². The summed E-state index contributed by atoms with van der Waals surface area (Å²) in [4.78, 5) is 65.9. The van der Waals surface area contributed by atoms with Crippen molar-refractivity contribution in [2.45, 2.75) is 170 Å². The van der Waals surface area contributed by atoms with Crippen LogP contribution in [0.25, 0.3) is 0 Å². The van der Waals surface area contributed by atoms with Crippen LogP contribution in [0.15, 0.2) is 0 Å². The lowest BCUT2D eigenvalue weighted by Gasteiger charge is -2.33. The predicted molar refractivity (Wildman–Crippen MR) is 156 cm³/mol. The van der Waals surface area contributed by atoms with Gasteiger partial charge in [0.15, 0.2) is 0 Å². The van der Waals surface area contributed by atoms with Crippen LogP contribution < -0.4 is 0 Å². The maximum Gasteiger partial charge on any atom is 0.311 e. The van der Waals surface area contributed by atoms with Crippen LogP contribution in [0.4, 0.5) is 0 Å². The van der Waals surface area contributed by atoms with Crippen molar-refractivity contribution in [2.24, 2.45) is 0 Å². The highest BCUT2D eigenvalue weighted by Crippen LogP contribution is 2.28. The molecule has 0 spiro atoms. The molecule has 0 rings (SSSR count). The number of esters is 2. The number of rotatable bonds is 18. The molecule has 0 bridgehead atoms. The van der Waals surface area contributed by atoms with Crippen molar-refractivity contribution in [3.05, 3.63) is 0 Å². The van der Waals surface area contributed by atoms with Crippen molar-refractivity contribution < 1.29 is 58.2 Å². The summed E-state index contributed by atoms with van der Waals surface area (Å²) < 4.78 is 9.84. The summed E-state index contributed by atoms with van der Waals surface area (Å²) in [5, 5.41) is 0. The number of hydrogen-bond donors (Lipinski definition) is 0. The van der Waals surface area contributed by atoms with Gasteiger partial charge in [0.1, 0.15) is 12.8 Å². The van der Waals surface area contributed by atoms with Crippen molar-refractivity contribution in [3.8, 4) is 0 Å². The normalized spacial score (nSPS) is 13.3. The van der Waals surface area contributed by atoms with Gasteiger partial charge in [0.2, 0.25) is 11.6 Å². The molecule has 0 heterocycles. The lowest BCUT2D eigenvalue weighted by molar-refractivity contribution is -0.538. The largest absolute Gasteiger partial charge is 0.466 e. The van der Waals surface area contributed by atoms with Gasteiger partial charge in [-0.3, -0.25) is 9.59 Å². The molecule has 0 aromatic heterocycles. The van der Waals surface area contributed by atoms with E-state index in [1.54, 1.807) is 27.7 Å². The quantitative estimate of drug-likeness (QED) is 0.0679. The minimum Gasteiger partial charge on any atom is -0.466 e. The smallest absolute Gasteiger partial charge is 0.311 e. The van der Waals surface area contributed by atoms with Gasteiger partial charge < -0.3 is 9.47 Å². The first-order valence-electron chi connectivity index (χ1n) is 14.6. The van der Waals surface area contributed by atoms with Crippen molar-refractivity contribution >= 4 is 11.9 Å². The van der Waals surface area contributed by atoms with Crippen LogP contribution in [0.1, 0.15) is 136 Å². The second kappa shape index (κ2) is 18.4. The lowest BCUT2D eigenvalue weighted by Crippen LogP contribution is -2.41. The Hall–Kier alpha value is -1.38. The Labute approximate surface area is 254 Å². The molecule has 0 amide bonds. The van der Waals surface area contributed by atoms with Gasteiger partial charge in [-0.15, -0.1) is 0 Å². The van der Waals surface area contributed by atoms with E-state index in [2.05, 4.69) is 0 Å². The van der Waals surface area contributed by atoms with Gasteiger partial charge in [0, 0.05) is 0 Å². The Balaban J connectivity index is 0. The third-order valence-corrected chi connectivity index (χ3v) is 5.07. The van der Waals surface area contributed by atoms with E-state index in [9.17, 15) is 9.59 Å². The molecule has 0 aromatic rings. The summed E-state index contributed by atoms with van der Waals surface area (Å²) in [6.45, 7) is 29.6. The fourth-order valence-electron chi connectivity index (χ4n) is 2.04. The highest BCUT2D eigenvalue weighted by molar-refractivity contribution is 5.70. The average Bonchev–Trinajstić information content (AvgIpc) is 2.84. The van der Waals surface area contributed by atoms with Gasteiger partial charge in [0.25, 0.3) is 0 Å². The topological polar surface area (TPSA) is 126 Å². The SMILES string of the molecule is CCOC(=O)CC(C)(OOC(C)(C)C)OOC(C)(C)C.CCOC(=O)CC(C)(OOC(C)(C)CC)OOC(C)(C)CC. The summed E-state index contributed by atoms with van der Waals surface area (Å²) in [6.07, 6.45) is 1.20. The van der Waals surface area contributed by atoms with Crippen LogP contribution in [-0.4, -0.2) is 59.1 Å². The van der Waals surface area contributed by atoms with E-state index in [1.165, 1.54) is 0 Å². The molecule has 0 atom stereocenters. The van der Waals surface area contributed by atoms with E-state index in [0.29, 0.717) is 0 Å². The zero-order valence-corrected chi connectivity index (χ0v) is 29.1. The third kappa shape index (κ3) is 23.1. The molecule has 0 saturated heterocycles. The summed E-state index contributed by atoms with van der Waals surface area (Å²) in [6, 6.07) is 0. The molecule has 0 saturated carbocycles. The number of carbonyl (C=O) groups excluding carboxylic acids is 2. The second-order valence-corrected chi connectivity index (χ2v) is 13.3. The van der Waals surface area contributed by atoms with Gasteiger partial charge >= 0.3 is 11.9 Å². The molecule has 0 unspecified atom stereocenters. The second-order valence-electron chi connectivity index (χ2n) is 13.3. The van der Waals surface area contributed by atoms with Crippen LogP contribution in [0, 0.1) is 0 Å². The third-order valence-electron chi connectivity index (χ3n) is 5.07. The monoisotopic (exact) mass is 612 g/mol. The summed E-state index contributed by atoms with van der Waals surface area (Å²) >= 11 is 0. The van der Waals surface area contributed by atoms with Crippen molar-refractivity contribution in [3.63, 3.8) is 0 Å². The number of ether oxygens (including phenoxy) is 2. The minimum atomic E-state index is -1.38. The standard InChI is InChI=1S/C16H32O6.C14H28O6/c1-9-14(4,5)19-21-16(8,12-13(17)18-11-3)22-20-15(6,7)10-2;1-9-16-11(15)10-14(8,19-17-12(2,3)4)20-18-13(5,6)7/h9-12H2,1-8H3;9-10H2,1-8H3. The fourth-order valence-corrected chi connectivity index (χ4v) is 2.04. The molecular formula is C30H60O12. The van der Waals surface area contributed by atoms with E-state index in [1.807, 2.05) is 83.1 Å². The fraction of sp³-hybridized carbons (Fsp3) is 0.933. The molecule has 0 aliphatic heterocycles. The van der Waals surface area contributed by atoms with Crippen molar-refractivity contribution in [1.29, 1.82) is 0 Å². The zero-order valence-electron chi connectivity index (χ0n) is 29.1. The van der Waals surface area contributed by atoms with Gasteiger partial charge in [-0.2, -0.15) is 19.6 Å². The summed E-state index contributed by atoms with van der Waals surface area (Å²) in [5.41, 5.74) is -2.08. The van der Waals surface area contributed by atoms with Crippen molar-refractivity contribution in [2.75, 3.05) is 13.2 Å². The molecule has 252 valence electrons. The number of hydrogen-bond acceptors (Lipinski definition) is 12. The molecule has 0 fully saturated rings.